The average Bonchev–Trinajstić information content (AvgIpc) is 2.76. The van der Waals surface area contributed by atoms with Gasteiger partial charge in [-0.05, 0) is 47.9 Å². The summed E-state index contributed by atoms with van der Waals surface area (Å²) >= 11 is 6.26. The summed E-state index contributed by atoms with van der Waals surface area (Å²) in [5.41, 5.74) is 1.58. The van der Waals surface area contributed by atoms with Gasteiger partial charge in [0.1, 0.15) is 12.2 Å². The Bertz CT molecular complexity index is 1120. The first-order chi connectivity index (χ1) is 14.9. The van der Waals surface area contributed by atoms with Crippen molar-refractivity contribution >= 4 is 41.2 Å². The molecule has 1 heterocycles. The van der Waals surface area contributed by atoms with Crippen LogP contribution in [0.4, 0.5) is 10.5 Å². The molecular formula is C23H19ClN2O5. The maximum absolute atomic E-state index is 13.0. The van der Waals surface area contributed by atoms with Gasteiger partial charge >= 0.3 is 6.03 Å². The molecule has 0 aliphatic carbocycles. The summed E-state index contributed by atoms with van der Waals surface area (Å²) in [7, 11) is 1.42. The van der Waals surface area contributed by atoms with Gasteiger partial charge in [-0.15, -0.1) is 6.42 Å². The number of rotatable bonds is 6. The van der Waals surface area contributed by atoms with Gasteiger partial charge in [-0.1, -0.05) is 36.6 Å². The molecule has 158 valence electrons. The summed E-state index contributed by atoms with van der Waals surface area (Å²) in [6.07, 6.45) is 7.35. The van der Waals surface area contributed by atoms with Crippen LogP contribution < -0.4 is 19.7 Å². The number of nitrogens with one attached hydrogen (secondary N) is 1. The van der Waals surface area contributed by atoms with Crippen LogP contribution in [0, 0.1) is 12.3 Å². The maximum atomic E-state index is 13.0. The van der Waals surface area contributed by atoms with Gasteiger partial charge in [-0.25, -0.2) is 9.69 Å². The summed E-state index contributed by atoms with van der Waals surface area (Å²) in [5, 5.41) is 2.38. The van der Waals surface area contributed by atoms with E-state index < -0.39 is 17.8 Å². The van der Waals surface area contributed by atoms with Crippen molar-refractivity contribution in [3.05, 3.63) is 58.1 Å². The van der Waals surface area contributed by atoms with Crippen LogP contribution in [0.3, 0.4) is 0 Å². The minimum atomic E-state index is -0.815. The van der Waals surface area contributed by atoms with Crippen molar-refractivity contribution in [1.82, 2.24) is 5.32 Å². The molecule has 1 fully saturated rings. The highest BCUT2D eigenvalue weighted by Crippen LogP contribution is 2.37. The first-order valence-corrected chi connectivity index (χ1v) is 9.71. The van der Waals surface area contributed by atoms with E-state index in [1.807, 2.05) is 19.1 Å². The topological polar surface area (TPSA) is 84.9 Å². The number of nitrogens with zero attached hydrogens (tertiary/aromatic N) is 1. The maximum Gasteiger partial charge on any atom is 0.335 e. The van der Waals surface area contributed by atoms with Gasteiger partial charge in [-0.3, -0.25) is 14.9 Å². The molecule has 2 aromatic rings. The van der Waals surface area contributed by atoms with Crippen LogP contribution in [0.25, 0.3) is 6.08 Å². The second kappa shape index (κ2) is 9.37. The number of hydrogen-bond donors (Lipinski definition) is 1. The molecule has 4 amide bonds. The second-order valence-electron chi connectivity index (χ2n) is 6.50. The van der Waals surface area contributed by atoms with Crippen molar-refractivity contribution in [3.63, 3.8) is 0 Å². The minimum Gasteiger partial charge on any atom is -0.493 e. The molecule has 1 aliphatic heterocycles. The fourth-order valence-corrected chi connectivity index (χ4v) is 3.29. The lowest BCUT2D eigenvalue weighted by atomic mass is 10.1. The van der Waals surface area contributed by atoms with Crippen molar-refractivity contribution in [1.29, 1.82) is 0 Å². The molecule has 1 aliphatic rings. The number of aryl methyl sites for hydroxylation is 1. The standard InChI is InChI=1S/C23H19ClN2O5/c1-4-10-31-20-18(24)12-15(13-19(20)30-3)11-17-21(27)25-23(29)26(22(17)28)16-8-6-14(5-2)7-9-16/h1,6-9,11-13H,5,10H2,2-3H3,(H,25,27,29)/b17-11-. The third-order valence-corrected chi connectivity index (χ3v) is 4.85. The monoisotopic (exact) mass is 438 g/mol. The fourth-order valence-electron chi connectivity index (χ4n) is 3.02. The van der Waals surface area contributed by atoms with Gasteiger partial charge in [0.25, 0.3) is 11.8 Å². The Kier molecular flexibility index (Phi) is 6.63. The number of benzene rings is 2. The predicted octanol–water partition coefficient (Wildman–Crippen LogP) is 3.59. The van der Waals surface area contributed by atoms with Crippen molar-refractivity contribution in [2.24, 2.45) is 0 Å². The van der Waals surface area contributed by atoms with Gasteiger partial charge in [0.2, 0.25) is 0 Å². The van der Waals surface area contributed by atoms with Gasteiger partial charge < -0.3 is 9.47 Å². The van der Waals surface area contributed by atoms with Crippen molar-refractivity contribution in [2.75, 3.05) is 18.6 Å². The minimum absolute atomic E-state index is 0.00863. The Morgan fingerprint density at radius 3 is 2.52 bits per heavy atom. The molecule has 0 saturated carbocycles. The van der Waals surface area contributed by atoms with Crippen LogP contribution in [0.5, 0.6) is 11.5 Å². The number of carbonyl (C=O) groups excluding carboxylic acids is 3. The van der Waals surface area contributed by atoms with Crippen LogP contribution >= 0.6 is 11.6 Å². The Labute approximate surface area is 184 Å². The molecule has 2 aromatic carbocycles. The van der Waals surface area contributed by atoms with E-state index in [1.54, 1.807) is 18.2 Å². The molecular weight excluding hydrogens is 420 g/mol. The zero-order valence-electron chi connectivity index (χ0n) is 16.9. The number of imide groups is 2. The first-order valence-electron chi connectivity index (χ1n) is 9.33. The largest absolute Gasteiger partial charge is 0.493 e. The third-order valence-electron chi connectivity index (χ3n) is 4.57. The van der Waals surface area contributed by atoms with Crippen molar-refractivity contribution in [3.8, 4) is 23.8 Å². The number of barbiturate groups is 1. The van der Waals surface area contributed by atoms with Crippen LogP contribution in [0.2, 0.25) is 5.02 Å². The predicted molar refractivity (Wildman–Crippen MR) is 117 cm³/mol. The number of urea groups is 1. The highest BCUT2D eigenvalue weighted by Gasteiger charge is 2.36. The highest BCUT2D eigenvalue weighted by atomic mass is 35.5. The molecule has 1 saturated heterocycles. The number of hydrogen-bond acceptors (Lipinski definition) is 5. The Hall–Kier alpha value is -3.76. The molecule has 0 unspecified atom stereocenters. The first kappa shape index (κ1) is 21.9. The highest BCUT2D eigenvalue weighted by molar-refractivity contribution is 6.39. The Morgan fingerprint density at radius 1 is 1.19 bits per heavy atom. The van der Waals surface area contributed by atoms with E-state index in [0.717, 1.165) is 16.9 Å². The molecule has 7 nitrogen and oxygen atoms in total. The molecule has 0 aromatic heterocycles. The molecule has 0 spiro atoms. The second-order valence-corrected chi connectivity index (χ2v) is 6.91. The summed E-state index contributed by atoms with van der Waals surface area (Å²) in [4.78, 5) is 38.7. The number of terminal acetylenes is 1. The van der Waals surface area contributed by atoms with Gasteiger partial charge in [-0.2, -0.15) is 0 Å². The summed E-state index contributed by atoms with van der Waals surface area (Å²) in [5.74, 6) is 1.31. The number of halogens is 1. The van der Waals surface area contributed by atoms with E-state index in [9.17, 15) is 14.4 Å². The number of ether oxygens (including phenoxy) is 2. The van der Waals surface area contributed by atoms with Gasteiger partial charge in [0, 0.05) is 0 Å². The van der Waals surface area contributed by atoms with E-state index in [2.05, 4.69) is 11.2 Å². The normalized spacial score (nSPS) is 15.0. The lowest BCUT2D eigenvalue weighted by molar-refractivity contribution is -0.122. The lowest BCUT2D eigenvalue weighted by Crippen LogP contribution is -2.54. The zero-order valence-corrected chi connectivity index (χ0v) is 17.7. The molecule has 8 heteroatoms. The van der Waals surface area contributed by atoms with E-state index in [-0.39, 0.29) is 28.7 Å². The van der Waals surface area contributed by atoms with E-state index in [1.165, 1.54) is 19.3 Å². The molecule has 0 radical (unpaired) electrons. The lowest BCUT2D eigenvalue weighted by Gasteiger charge is -2.26. The van der Waals surface area contributed by atoms with Gasteiger partial charge in [0.15, 0.2) is 11.5 Å². The molecule has 1 N–H and O–H groups in total. The smallest absolute Gasteiger partial charge is 0.335 e. The molecule has 0 atom stereocenters. The zero-order chi connectivity index (χ0) is 22.5. The Morgan fingerprint density at radius 2 is 1.90 bits per heavy atom. The average molecular weight is 439 g/mol. The van der Waals surface area contributed by atoms with Crippen molar-refractivity contribution < 1.29 is 23.9 Å². The summed E-state index contributed by atoms with van der Waals surface area (Å²) < 4.78 is 10.7. The van der Waals surface area contributed by atoms with Crippen LogP contribution in [-0.2, 0) is 16.0 Å². The summed E-state index contributed by atoms with van der Waals surface area (Å²) in [6.45, 7) is 1.99. The quantitative estimate of drug-likeness (QED) is 0.423. The van der Waals surface area contributed by atoms with E-state index in [0.29, 0.717) is 11.3 Å². The van der Waals surface area contributed by atoms with Crippen LogP contribution in [0.15, 0.2) is 42.0 Å². The van der Waals surface area contributed by atoms with Crippen LogP contribution in [-0.4, -0.2) is 31.6 Å². The SMILES string of the molecule is C#CCOc1c(Cl)cc(/C=C2/C(=O)NC(=O)N(c3ccc(CC)cc3)C2=O)cc1OC. The number of amides is 4. The molecule has 3 rings (SSSR count). The number of anilines is 1. The summed E-state index contributed by atoms with van der Waals surface area (Å²) in [6, 6.07) is 9.17. The fraction of sp³-hybridized carbons (Fsp3) is 0.174. The Balaban J connectivity index is 1.99. The number of carbonyl (C=O) groups is 3. The van der Waals surface area contributed by atoms with E-state index >= 15 is 0 Å². The molecule has 31 heavy (non-hydrogen) atoms. The van der Waals surface area contributed by atoms with Crippen LogP contribution in [0.1, 0.15) is 18.1 Å². The number of methoxy groups -OCH3 is 1. The van der Waals surface area contributed by atoms with Gasteiger partial charge in [0.05, 0.1) is 17.8 Å². The van der Waals surface area contributed by atoms with Crippen molar-refractivity contribution in [2.45, 2.75) is 13.3 Å². The third kappa shape index (κ3) is 4.55. The molecule has 0 bridgehead atoms. The van der Waals surface area contributed by atoms with E-state index in [4.69, 9.17) is 27.5 Å².